The highest BCUT2D eigenvalue weighted by Gasteiger charge is 2.33. The van der Waals surface area contributed by atoms with Crippen molar-refractivity contribution in [1.29, 1.82) is 0 Å². The number of aromatic nitrogens is 2. The van der Waals surface area contributed by atoms with Crippen LogP contribution in [0.25, 0.3) is 0 Å². The third kappa shape index (κ3) is 7.93. The van der Waals surface area contributed by atoms with Gasteiger partial charge in [0.1, 0.15) is 11.6 Å². The van der Waals surface area contributed by atoms with Crippen LogP contribution in [0.5, 0.6) is 5.88 Å². The molecule has 2 aromatic heterocycles. The highest BCUT2D eigenvalue weighted by molar-refractivity contribution is 14.0. The van der Waals surface area contributed by atoms with Crippen molar-refractivity contribution in [2.45, 2.75) is 32.8 Å². The molecule has 3 rings (SSSR count). The number of rotatable bonds is 8. The molecule has 0 aliphatic rings. The summed E-state index contributed by atoms with van der Waals surface area (Å²) in [4.78, 5) is 12.4. The van der Waals surface area contributed by atoms with E-state index in [4.69, 9.17) is 4.74 Å². The molecule has 11 heteroatoms. The molecule has 2 heterocycles. The minimum atomic E-state index is -4.44. The van der Waals surface area contributed by atoms with Gasteiger partial charge in [0, 0.05) is 23.7 Å². The second-order valence-corrected chi connectivity index (χ2v) is 7.36. The average molecular weight is 577 g/mol. The maximum atomic E-state index is 12.7. The van der Waals surface area contributed by atoms with Gasteiger partial charge in [-0.2, -0.15) is 13.2 Å². The molecule has 0 aliphatic carbocycles. The van der Waals surface area contributed by atoms with E-state index in [1.165, 1.54) is 0 Å². The van der Waals surface area contributed by atoms with Crippen LogP contribution in [-0.2, 0) is 25.9 Å². The zero-order chi connectivity index (χ0) is 22.1. The average Bonchev–Trinajstić information content (AvgIpc) is 3.25. The molecule has 0 radical (unpaired) electrons. The van der Waals surface area contributed by atoms with Gasteiger partial charge in [0.15, 0.2) is 11.7 Å². The van der Waals surface area contributed by atoms with Crippen molar-refractivity contribution >= 4 is 41.3 Å². The van der Waals surface area contributed by atoms with E-state index in [9.17, 15) is 13.2 Å². The van der Waals surface area contributed by atoms with Crippen LogP contribution < -0.4 is 15.4 Å². The van der Waals surface area contributed by atoms with E-state index < -0.39 is 11.9 Å². The Morgan fingerprint density at radius 3 is 2.59 bits per heavy atom. The Morgan fingerprint density at radius 2 is 1.91 bits per heavy atom. The highest BCUT2D eigenvalue weighted by Crippen LogP contribution is 2.29. The zero-order valence-corrected chi connectivity index (χ0v) is 20.4. The summed E-state index contributed by atoms with van der Waals surface area (Å²) in [6.45, 7) is 3.32. The maximum Gasteiger partial charge on any atom is 0.434 e. The molecule has 0 unspecified atom stereocenters. The zero-order valence-electron chi connectivity index (χ0n) is 17.2. The fourth-order valence-corrected chi connectivity index (χ4v) is 3.33. The molecule has 1 aromatic carbocycles. The van der Waals surface area contributed by atoms with Crippen molar-refractivity contribution in [3.8, 4) is 5.88 Å². The summed E-state index contributed by atoms with van der Waals surface area (Å²) in [6, 6.07) is 13.4. The molecule has 0 spiro atoms. The number of nitrogens with one attached hydrogen (secondary N) is 2. The Labute approximate surface area is 205 Å². The molecule has 0 amide bonds. The lowest BCUT2D eigenvalue weighted by molar-refractivity contribution is -0.140. The first-order valence-electron chi connectivity index (χ1n) is 9.60. The lowest BCUT2D eigenvalue weighted by Gasteiger charge is -2.12. The number of pyridine rings is 1. The summed E-state index contributed by atoms with van der Waals surface area (Å²) < 4.78 is 44.0. The quantitative estimate of drug-likeness (QED) is 0.224. The van der Waals surface area contributed by atoms with E-state index >= 15 is 0 Å². The van der Waals surface area contributed by atoms with Crippen molar-refractivity contribution < 1.29 is 17.9 Å². The van der Waals surface area contributed by atoms with Crippen LogP contribution >= 0.6 is 35.3 Å². The van der Waals surface area contributed by atoms with Crippen molar-refractivity contribution in [2.75, 3.05) is 6.54 Å². The molecular formula is C21H23F3IN5OS. The molecule has 2 N–H and O–H groups in total. The van der Waals surface area contributed by atoms with Gasteiger partial charge in [0.2, 0.25) is 5.88 Å². The number of aliphatic imine (C=N–C) groups is 1. The van der Waals surface area contributed by atoms with Gasteiger partial charge in [-0.15, -0.1) is 35.3 Å². The summed E-state index contributed by atoms with van der Waals surface area (Å²) in [6.07, 6.45) is -2.79. The third-order valence-corrected chi connectivity index (χ3v) is 4.92. The van der Waals surface area contributed by atoms with E-state index in [0.29, 0.717) is 36.5 Å². The van der Waals surface area contributed by atoms with E-state index in [2.05, 4.69) is 25.6 Å². The van der Waals surface area contributed by atoms with E-state index in [-0.39, 0.29) is 30.5 Å². The summed E-state index contributed by atoms with van der Waals surface area (Å²) >= 11 is 0.952. The summed E-state index contributed by atoms with van der Waals surface area (Å²) in [5.74, 6) is 0.949. The van der Waals surface area contributed by atoms with E-state index in [0.717, 1.165) is 27.8 Å². The molecule has 0 saturated heterocycles. The third-order valence-electron chi connectivity index (χ3n) is 4.07. The van der Waals surface area contributed by atoms with Crippen LogP contribution in [-0.4, -0.2) is 22.5 Å². The summed E-state index contributed by atoms with van der Waals surface area (Å²) in [5, 5.41) is 7.41. The van der Waals surface area contributed by atoms with Gasteiger partial charge in [-0.25, -0.2) is 15.0 Å². The number of benzene rings is 1. The first kappa shape index (κ1) is 25.8. The predicted octanol–water partition coefficient (Wildman–Crippen LogP) is 5.01. The van der Waals surface area contributed by atoms with Gasteiger partial charge in [-0.1, -0.05) is 36.4 Å². The van der Waals surface area contributed by atoms with E-state index in [1.807, 2.05) is 43.3 Å². The Hall–Kier alpha value is -2.41. The Kier molecular flexibility index (Phi) is 10.2. The monoisotopic (exact) mass is 577 g/mol. The number of ether oxygens (including phenoxy) is 1. The minimum absolute atomic E-state index is 0. The van der Waals surface area contributed by atoms with E-state index in [1.54, 1.807) is 12.3 Å². The number of thiazole rings is 1. The molecule has 32 heavy (non-hydrogen) atoms. The van der Waals surface area contributed by atoms with Crippen molar-refractivity contribution in [3.05, 3.63) is 75.9 Å². The molecule has 0 aliphatic heterocycles. The molecule has 0 bridgehead atoms. The molecule has 0 fully saturated rings. The van der Waals surface area contributed by atoms with Gasteiger partial charge in [0.25, 0.3) is 0 Å². The molecule has 6 nitrogen and oxygen atoms in total. The topological polar surface area (TPSA) is 71.4 Å². The Morgan fingerprint density at radius 1 is 1.12 bits per heavy atom. The molecule has 0 saturated carbocycles. The highest BCUT2D eigenvalue weighted by atomic mass is 127. The number of hydrogen-bond acceptors (Lipinski definition) is 5. The molecular weight excluding hydrogens is 554 g/mol. The summed E-state index contributed by atoms with van der Waals surface area (Å²) in [7, 11) is 0. The number of alkyl halides is 3. The lowest BCUT2D eigenvalue weighted by Crippen LogP contribution is -2.36. The second-order valence-electron chi connectivity index (χ2n) is 6.41. The van der Waals surface area contributed by atoms with Crippen molar-refractivity contribution in [1.82, 2.24) is 20.6 Å². The molecule has 172 valence electrons. The number of hydrogen-bond donors (Lipinski definition) is 2. The first-order chi connectivity index (χ1) is 15.0. The van der Waals surface area contributed by atoms with Gasteiger partial charge in [-0.05, 0) is 18.6 Å². The maximum absolute atomic E-state index is 12.7. The molecule has 0 atom stereocenters. The first-order valence-corrected chi connectivity index (χ1v) is 10.5. The number of nitrogens with zero attached hydrogens (tertiary/aromatic N) is 3. The van der Waals surface area contributed by atoms with Gasteiger partial charge >= 0.3 is 6.18 Å². The van der Waals surface area contributed by atoms with Crippen LogP contribution in [0.4, 0.5) is 13.2 Å². The van der Waals surface area contributed by atoms with Crippen molar-refractivity contribution in [2.24, 2.45) is 4.99 Å². The van der Waals surface area contributed by atoms with Crippen LogP contribution in [0, 0.1) is 0 Å². The fraction of sp³-hybridized carbons (Fsp3) is 0.286. The SMILES string of the molecule is CCNC(=NCc1cccnc1OCc1ccccc1)NCc1nc(C(F)(F)F)cs1.I. The summed E-state index contributed by atoms with van der Waals surface area (Å²) in [5.41, 5.74) is 0.940. The minimum Gasteiger partial charge on any atom is -0.473 e. The van der Waals surface area contributed by atoms with Gasteiger partial charge in [-0.3, -0.25) is 0 Å². The van der Waals surface area contributed by atoms with Crippen molar-refractivity contribution in [3.63, 3.8) is 0 Å². The fourth-order valence-electron chi connectivity index (χ4n) is 2.59. The standard InChI is InChI=1S/C21H22F3N5OS.HI/c1-2-25-20(28-12-18-29-17(14-31-18)21(22,23)24)27-11-16-9-6-10-26-19(16)30-13-15-7-4-3-5-8-15;/h3-10,14H,2,11-13H2,1H3,(H2,25,27,28);1H. The van der Waals surface area contributed by atoms with Crippen LogP contribution in [0.2, 0.25) is 0 Å². The number of guanidine groups is 1. The second kappa shape index (κ2) is 12.6. The van der Waals surface area contributed by atoms with Crippen LogP contribution in [0.15, 0.2) is 59.0 Å². The van der Waals surface area contributed by atoms with Gasteiger partial charge < -0.3 is 15.4 Å². The van der Waals surface area contributed by atoms with Gasteiger partial charge in [0.05, 0.1) is 13.1 Å². The largest absolute Gasteiger partial charge is 0.473 e. The normalized spacial score (nSPS) is 11.6. The predicted molar refractivity (Wildman–Crippen MR) is 129 cm³/mol. The molecule has 3 aromatic rings. The number of halogens is 4. The smallest absolute Gasteiger partial charge is 0.434 e. The Bertz CT molecular complexity index is 998. The Balaban J connectivity index is 0.00000363. The lowest BCUT2D eigenvalue weighted by atomic mass is 10.2. The van der Waals surface area contributed by atoms with Crippen LogP contribution in [0.1, 0.15) is 28.8 Å². The van der Waals surface area contributed by atoms with Crippen LogP contribution in [0.3, 0.4) is 0 Å².